The van der Waals surface area contributed by atoms with Crippen molar-refractivity contribution in [2.24, 2.45) is 11.7 Å². The lowest BCUT2D eigenvalue weighted by atomic mass is 9.94. The van der Waals surface area contributed by atoms with Crippen LogP contribution in [0.25, 0.3) is 0 Å². The quantitative estimate of drug-likeness (QED) is 0.910. The van der Waals surface area contributed by atoms with E-state index in [0.717, 1.165) is 6.42 Å². The predicted molar refractivity (Wildman–Crippen MR) is 77.9 cm³/mol. The van der Waals surface area contributed by atoms with Gasteiger partial charge in [0.15, 0.2) is 11.6 Å². The monoisotopic (exact) mass is 302 g/mol. The highest BCUT2D eigenvalue weighted by Gasteiger charge is 2.27. The van der Waals surface area contributed by atoms with Crippen molar-refractivity contribution in [1.29, 1.82) is 0 Å². The molecule has 2 rings (SSSR count). The Hall–Kier alpha value is -1.33. The number of carbonyl (C=O) groups is 1. The normalized spacial score (nSPS) is 22.1. The lowest BCUT2D eigenvalue weighted by molar-refractivity contribution is 0.0663. The van der Waals surface area contributed by atoms with Crippen molar-refractivity contribution in [3.63, 3.8) is 0 Å². The molecule has 1 aromatic rings. The van der Waals surface area contributed by atoms with Gasteiger partial charge < -0.3 is 15.4 Å². The molecule has 1 amide bonds. The van der Waals surface area contributed by atoms with Crippen LogP contribution < -0.4 is 10.5 Å². The first kappa shape index (κ1) is 16.7. The molecule has 1 fully saturated rings. The summed E-state index contributed by atoms with van der Waals surface area (Å²) >= 11 is 0. The summed E-state index contributed by atoms with van der Waals surface area (Å²) in [6.45, 7) is 3.32. The zero-order chi connectivity index (χ0) is 14.0. The van der Waals surface area contributed by atoms with Crippen LogP contribution >= 0.6 is 12.4 Å². The van der Waals surface area contributed by atoms with Gasteiger partial charge in [-0.1, -0.05) is 6.92 Å². The molecule has 2 atom stereocenters. The van der Waals surface area contributed by atoms with Crippen molar-refractivity contribution in [3.8, 4) is 5.75 Å². The molecule has 0 radical (unpaired) electrons. The molecule has 1 aliphatic rings. The van der Waals surface area contributed by atoms with E-state index in [2.05, 4.69) is 0 Å². The highest BCUT2D eigenvalue weighted by molar-refractivity contribution is 5.94. The lowest BCUT2D eigenvalue weighted by Crippen LogP contribution is -2.48. The maximum atomic E-state index is 13.3. The van der Waals surface area contributed by atoms with Gasteiger partial charge in [0.25, 0.3) is 5.91 Å². The van der Waals surface area contributed by atoms with Gasteiger partial charge in [0.2, 0.25) is 0 Å². The third-order valence-electron chi connectivity index (χ3n) is 3.66. The van der Waals surface area contributed by atoms with Crippen LogP contribution in [0.3, 0.4) is 0 Å². The molecule has 0 bridgehead atoms. The summed E-state index contributed by atoms with van der Waals surface area (Å²) in [5.74, 6) is -0.196. The highest BCUT2D eigenvalue weighted by atomic mass is 35.5. The Balaban J connectivity index is 0.00000200. The van der Waals surface area contributed by atoms with Crippen LogP contribution in [0.4, 0.5) is 4.39 Å². The van der Waals surface area contributed by atoms with Gasteiger partial charge in [-0.3, -0.25) is 4.79 Å². The Kier molecular flexibility index (Phi) is 5.77. The van der Waals surface area contributed by atoms with Crippen molar-refractivity contribution < 1.29 is 13.9 Å². The molecule has 1 heterocycles. The van der Waals surface area contributed by atoms with E-state index >= 15 is 0 Å². The number of hydrogen-bond acceptors (Lipinski definition) is 3. The summed E-state index contributed by atoms with van der Waals surface area (Å²) in [6.07, 6.45) is 0.797. The van der Waals surface area contributed by atoms with Crippen molar-refractivity contribution in [2.45, 2.75) is 19.4 Å². The summed E-state index contributed by atoms with van der Waals surface area (Å²) in [5.41, 5.74) is 6.38. The first-order valence-corrected chi connectivity index (χ1v) is 6.41. The Morgan fingerprint density at radius 1 is 1.50 bits per heavy atom. The third-order valence-corrected chi connectivity index (χ3v) is 3.66. The van der Waals surface area contributed by atoms with E-state index < -0.39 is 5.82 Å². The van der Waals surface area contributed by atoms with Gasteiger partial charge >= 0.3 is 0 Å². The van der Waals surface area contributed by atoms with Gasteiger partial charge in [-0.2, -0.15) is 0 Å². The Bertz CT molecular complexity index is 484. The number of ether oxygens (including phenoxy) is 1. The minimum atomic E-state index is -0.465. The number of rotatable bonds is 2. The molecule has 1 saturated heterocycles. The van der Waals surface area contributed by atoms with E-state index in [1.807, 2.05) is 6.92 Å². The highest BCUT2D eigenvalue weighted by Crippen LogP contribution is 2.22. The molecule has 2 unspecified atom stereocenters. The fourth-order valence-electron chi connectivity index (χ4n) is 2.32. The fraction of sp³-hybridized carbons (Fsp3) is 0.500. The van der Waals surface area contributed by atoms with Gasteiger partial charge in [-0.05, 0) is 30.5 Å². The maximum absolute atomic E-state index is 13.3. The van der Waals surface area contributed by atoms with Gasteiger partial charge in [0.05, 0.1) is 7.11 Å². The average molecular weight is 303 g/mol. The van der Waals surface area contributed by atoms with E-state index in [1.54, 1.807) is 4.90 Å². The van der Waals surface area contributed by atoms with Crippen LogP contribution in [0.15, 0.2) is 18.2 Å². The molecule has 0 spiro atoms. The maximum Gasteiger partial charge on any atom is 0.254 e. The number of methoxy groups -OCH3 is 1. The van der Waals surface area contributed by atoms with Gasteiger partial charge in [-0.15, -0.1) is 12.4 Å². The molecule has 0 saturated carbocycles. The fourth-order valence-corrected chi connectivity index (χ4v) is 2.32. The SMILES string of the molecule is COc1cc(C(=O)N2CCC(N)C(C)C2)ccc1F.Cl. The van der Waals surface area contributed by atoms with E-state index in [1.165, 1.54) is 25.3 Å². The van der Waals surface area contributed by atoms with Crippen LogP contribution in [0.2, 0.25) is 0 Å². The summed E-state index contributed by atoms with van der Waals surface area (Å²) in [6, 6.07) is 4.33. The molecule has 112 valence electrons. The van der Waals surface area contributed by atoms with Crippen LogP contribution in [-0.2, 0) is 0 Å². The predicted octanol–water partition coefficient (Wildman–Crippen LogP) is 2.07. The smallest absolute Gasteiger partial charge is 0.254 e. The molecule has 0 aromatic heterocycles. The summed E-state index contributed by atoms with van der Waals surface area (Å²) in [4.78, 5) is 14.1. The molecule has 0 aliphatic carbocycles. The van der Waals surface area contributed by atoms with Crippen molar-refractivity contribution in [1.82, 2.24) is 4.90 Å². The third kappa shape index (κ3) is 3.41. The second-order valence-corrected chi connectivity index (χ2v) is 5.03. The summed E-state index contributed by atoms with van der Waals surface area (Å²) in [7, 11) is 1.38. The van der Waals surface area contributed by atoms with E-state index in [4.69, 9.17) is 10.5 Å². The number of piperidine rings is 1. The van der Waals surface area contributed by atoms with Gasteiger partial charge in [-0.25, -0.2) is 4.39 Å². The lowest BCUT2D eigenvalue weighted by Gasteiger charge is -2.35. The molecule has 4 nitrogen and oxygen atoms in total. The first-order valence-electron chi connectivity index (χ1n) is 6.41. The molecule has 2 N–H and O–H groups in total. The molecule has 6 heteroatoms. The van der Waals surface area contributed by atoms with Crippen LogP contribution in [-0.4, -0.2) is 37.0 Å². The van der Waals surface area contributed by atoms with Crippen molar-refractivity contribution >= 4 is 18.3 Å². The molecular weight excluding hydrogens is 283 g/mol. The van der Waals surface area contributed by atoms with E-state index in [9.17, 15) is 9.18 Å². The number of nitrogens with zero attached hydrogens (tertiary/aromatic N) is 1. The van der Waals surface area contributed by atoms with Crippen molar-refractivity contribution in [2.75, 3.05) is 20.2 Å². The zero-order valence-electron chi connectivity index (χ0n) is 11.6. The number of carbonyl (C=O) groups excluding carboxylic acids is 1. The first-order chi connectivity index (χ1) is 9.02. The Morgan fingerprint density at radius 2 is 2.20 bits per heavy atom. The van der Waals surface area contributed by atoms with E-state index in [0.29, 0.717) is 18.7 Å². The minimum Gasteiger partial charge on any atom is -0.494 e. The molecule has 1 aliphatic heterocycles. The van der Waals surface area contributed by atoms with Crippen LogP contribution in [0.1, 0.15) is 23.7 Å². The van der Waals surface area contributed by atoms with Crippen molar-refractivity contribution in [3.05, 3.63) is 29.6 Å². The number of amides is 1. The van der Waals surface area contributed by atoms with Gasteiger partial charge in [0, 0.05) is 24.7 Å². The second-order valence-electron chi connectivity index (χ2n) is 5.03. The van der Waals surface area contributed by atoms with Gasteiger partial charge in [0.1, 0.15) is 0 Å². The number of hydrogen-bond donors (Lipinski definition) is 1. The largest absolute Gasteiger partial charge is 0.494 e. The minimum absolute atomic E-state index is 0. The number of likely N-dealkylation sites (tertiary alicyclic amines) is 1. The zero-order valence-corrected chi connectivity index (χ0v) is 12.5. The molecular formula is C14H20ClFN2O2. The summed E-state index contributed by atoms with van der Waals surface area (Å²) in [5, 5.41) is 0. The van der Waals surface area contributed by atoms with E-state index in [-0.39, 0.29) is 36.0 Å². The topological polar surface area (TPSA) is 55.6 Å². The number of nitrogens with two attached hydrogens (primary N) is 1. The molecule has 1 aromatic carbocycles. The summed E-state index contributed by atoms with van der Waals surface area (Å²) < 4.78 is 18.2. The number of benzene rings is 1. The Morgan fingerprint density at radius 3 is 2.80 bits per heavy atom. The van der Waals surface area contributed by atoms with Crippen LogP contribution in [0, 0.1) is 11.7 Å². The standard InChI is InChI=1S/C14H19FN2O2.ClH/c1-9-8-17(6-5-12(9)16)14(18)10-3-4-11(15)13(7-10)19-2;/h3-4,7,9,12H,5-6,8,16H2,1-2H3;1H. The van der Waals surface area contributed by atoms with Crippen LogP contribution in [0.5, 0.6) is 5.75 Å². The number of halogens is 2. The average Bonchev–Trinajstić information content (AvgIpc) is 2.41. The molecule has 20 heavy (non-hydrogen) atoms. The Labute approximate surface area is 124 Å². The second kappa shape index (κ2) is 6.90.